The molecule has 2 aliphatic carbocycles. The van der Waals surface area contributed by atoms with Gasteiger partial charge >= 0.3 is 12.1 Å². The largest absolute Gasteiger partial charge is 0.492 e. The first kappa shape index (κ1) is 20.4. The van der Waals surface area contributed by atoms with Crippen molar-refractivity contribution in [1.29, 1.82) is 0 Å². The van der Waals surface area contributed by atoms with Crippen LogP contribution in [0.2, 0.25) is 0 Å². The lowest BCUT2D eigenvalue weighted by molar-refractivity contribution is -0.184. The average molecular weight is 440 g/mol. The van der Waals surface area contributed by atoms with E-state index in [1.165, 1.54) is 0 Å². The van der Waals surface area contributed by atoms with Crippen molar-refractivity contribution in [3.63, 3.8) is 0 Å². The van der Waals surface area contributed by atoms with Crippen molar-refractivity contribution in [2.75, 3.05) is 19.8 Å². The van der Waals surface area contributed by atoms with Crippen LogP contribution in [-0.2, 0) is 19.7 Å². The van der Waals surface area contributed by atoms with Crippen LogP contribution in [0.3, 0.4) is 0 Å². The molecule has 3 fully saturated rings. The molecule has 1 saturated heterocycles. The predicted molar refractivity (Wildman–Crippen MR) is 101 cm³/mol. The molecule has 7 nitrogen and oxygen atoms in total. The number of hydrogen-bond donors (Lipinski definition) is 2. The second-order valence-electron chi connectivity index (χ2n) is 9.06. The summed E-state index contributed by atoms with van der Waals surface area (Å²) in [5.41, 5.74) is 0.618. The first-order valence-electron chi connectivity index (χ1n) is 10.3. The normalized spacial score (nSPS) is 26.7. The van der Waals surface area contributed by atoms with Crippen molar-refractivity contribution in [1.82, 2.24) is 10.6 Å². The summed E-state index contributed by atoms with van der Waals surface area (Å²) in [6.45, 7) is 2.12. The lowest BCUT2D eigenvalue weighted by atomic mass is 9.87. The van der Waals surface area contributed by atoms with Crippen molar-refractivity contribution in [3.8, 4) is 11.5 Å². The molecule has 10 heteroatoms. The molecule has 31 heavy (non-hydrogen) atoms. The van der Waals surface area contributed by atoms with Gasteiger partial charge in [-0.05, 0) is 31.4 Å². The van der Waals surface area contributed by atoms with E-state index in [2.05, 4.69) is 5.32 Å². The highest BCUT2D eigenvalue weighted by Crippen LogP contribution is 2.59. The second kappa shape index (κ2) is 6.75. The molecular formula is C21H23F3N2O5. The van der Waals surface area contributed by atoms with Crippen molar-refractivity contribution in [2.45, 2.75) is 61.9 Å². The predicted octanol–water partition coefficient (Wildman–Crippen LogP) is 1.89. The minimum absolute atomic E-state index is 0.0708. The molecule has 168 valence electrons. The molecule has 2 aliphatic heterocycles. The van der Waals surface area contributed by atoms with E-state index in [0.717, 1.165) is 35.5 Å². The highest BCUT2D eigenvalue weighted by molar-refractivity contribution is 5.94. The van der Waals surface area contributed by atoms with E-state index in [9.17, 15) is 22.8 Å². The van der Waals surface area contributed by atoms with Crippen LogP contribution in [-0.4, -0.2) is 55.5 Å². The minimum Gasteiger partial charge on any atom is -0.492 e. The first-order valence-corrected chi connectivity index (χ1v) is 10.3. The van der Waals surface area contributed by atoms with Gasteiger partial charge in [0.25, 0.3) is 5.91 Å². The summed E-state index contributed by atoms with van der Waals surface area (Å²) in [5, 5.41) is 4.49. The van der Waals surface area contributed by atoms with Crippen molar-refractivity contribution >= 4 is 11.8 Å². The summed E-state index contributed by atoms with van der Waals surface area (Å²) in [7, 11) is 0. The number of amides is 2. The number of fused-ring (bicyclic) bond motifs is 2. The Labute approximate surface area is 176 Å². The van der Waals surface area contributed by atoms with E-state index in [4.69, 9.17) is 14.2 Å². The zero-order valence-corrected chi connectivity index (χ0v) is 16.9. The number of carbonyl (C=O) groups excluding carboxylic acids is 2. The number of benzene rings is 1. The Morgan fingerprint density at radius 1 is 1.16 bits per heavy atom. The number of hydrogen-bond acceptors (Lipinski definition) is 5. The van der Waals surface area contributed by atoms with Gasteiger partial charge in [0.05, 0.1) is 19.8 Å². The van der Waals surface area contributed by atoms with Crippen molar-refractivity contribution < 1.29 is 37.0 Å². The SMILES string of the molecule is Cc1ccc(OC2CC(NC(=O)C3(NC(=O)C(F)(F)F)COC3)C2)c2c1OCC21CC1. The van der Waals surface area contributed by atoms with Crippen LogP contribution in [0.5, 0.6) is 11.5 Å². The van der Waals surface area contributed by atoms with E-state index < -0.39 is 23.5 Å². The number of carbonyl (C=O) groups is 2. The van der Waals surface area contributed by atoms with Crippen LogP contribution in [0.15, 0.2) is 12.1 Å². The smallest absolute Gasteiger partial charge is 0.471 e. The maximum Gasteiger partial charge on any atom is 0.471 e. The van der Waals surface area contributed by atoms with Gasteiger partial charge in [0.15, 0.2) is 5.54 Å². The molecule has 5 rings (SSSR count). The Bertz CT molecular complexity index is 934. The summed E-state index contributed by atoms with van der Waals surface area (Å²) < 4.78 is 54.7. The average Bonchev–Trinajstić information content (AvgIpc) is 3.31. The lowest BCUT2D eigenvalue weighted by Crippen LogP contribution is -2.72. The lowest BCUT2D eigenvalue weighted by Gasteiger charge is -2.43. The maximum absolute atomic E-state index is 12.6. The third kappa shape index (κ3) is 3.40. The monoisotopic (exact) mass is 440 g/mol. The van der Waals surface area contributed by atoms with Crippen LogP contribution < -0.4 is 20.1 Å². The number of aryl methyl sites for hydroxylation is 1. The minimum atomic E-state index is -5.06. The Morgan fingerprint density at radius 2 is 1.87 bits per heavy atom. The topological polar surface area (TPSA) is 85.9 Å². The third-order valence-corrected chi connectivity index (χ3v) is 6.66. The van der Waals surface area contributed by atoms with Crippen LogP contribution in [0.4, 0.5) is 13.2 Å². The van der Waals surface area contributed by atoms with E-state index in [1.807, 2.05) is 19.1 Å². The fraction of sp³-hybridized carbons (Fsp3) is 0.619. The fourth-order valence-electron chi connectivity index (χ4n) is 4.42. The van der Waals surface area contributed by atoms with E-state index >= 15 is 0 Å². The molecule has 1 spiro atoms. The first-order chi connectivity index (χ1) is 14.6. The van der Waals surface area contributed by atoms with Gasteiger partial charge in [-0.25, -0.2) is 0 Å². The van der Waals surface area contributed by atoms with Crippen LogP contribution in [0, 0.1) is 6.92 Å². The van der Waals surface area contributed by atoms with Gasteiger partial charge in [-0.15, -0.1) is 0 Å². The van der Waals surface area contributed by atoms with Gasteiger partial charge in [-0.3, -0.25) is 9.59 Å². The number of alkyl halides is 3. The number of nitrogens with one attached hydrogen (secondary N) is 2. The summed E-state index contributed by atoms with van der Waals surface area (Å²) in [6.07, 6.45) is -1.94. The molecule has 0 radical (unpaired) electrons. The molecule has 2 N–H and O–H groups in total. The van der Waals surface area contributed by atoms with Gasteiger partial charge in [-0.2, -0.15) is 13.2 Å². The highest BCUT2D eigenvalue weighted by Gasteiger charge is 2.54. The van der Waals surface area contributed by atoms with Gasteiger partial charge < -0.3 is 24.8 Å². The highest BCUT2D eigenvalue weighted by atomic mass is 19.4. The molecule has 0 atom stereocenters. The summed E-state index contributed by atoms with van der Waals surface area (Å²) in [4.78, 5) is 23.8. The molecule has 2 heterocycles. The van der Waals surface area contributed by atoms with Gasteiger partial charge in [0, 0.05) is 29.9 Å². The molecule has 0 aromatic heterocycles. The zero-order valence-electron chi connectivity index (χ0n) is 16.9. The Kier molecular flexibility index (Phi) is 4.45. The van der Waals surface area contributed by atoms with E-state index in [1.54, 1.807) is 5.32 Å². The number of rotatable bonds is 5. The van der Waals surface area contributed by atoms with Crippen molar-refractivity contribution in [2.24, 2.45) is 0 Å². The number of ether oxygens (including phenoxy) is 3. The quantitative estimate of drug-likeness (QED) is 0.731. The maximum atomic E-state index is 12.6. The van der Waals surface area contributed by atoms with Crippen molar-refractivity contribution in [3.05, 3.63) is 23.3 Å². The fourth-order valence-corrected chi connectivity index (χ4v) is 4.42. The van der Waals surface area contributed by atoms with E-state index in [0.29, 0.717) is 19.4 Å². The molecule has 0 bridgehead atoms. The molecule has 1 aromatic rings. The molecule has 4 aliphatic rings. The third-order valence-electron chi connectivity index (χ3n) is 6.66. The molecule has 2 amide bonds. The van der Waals surface area contributed by atoms with Crippen LogP contribution >= 0.6 is 0 Å². The summed E-state index contributed by atoms with van der Waals surface area (Å²) >= 11 is 0. The Morgan fingerprint density at radius 3 is 2.45 bits per heavy atom. The van der Waals surface area contributed by atoms with Crippen LogP contribution in [0.1, 0.15) is 36.8 Å². The number of halogens is 3. The Balaban J connectivity index is 1.18. The summed E-state index contributed by atoms with van der Waals surface area (Å²) in [5.74, 6) is -1.09. The van der Waals surface area contributed by atoms with Gasteiger partial charge in [-0.1, -0.05) is 6.07 Å². The molecule has 1 aromatic carbocycles. The second-order valence-corrected chi connectivity index (χ2v) is 9.06. The Hall–Kier alpha value is -2.49. The van der Waals surface area contributed by atoms with Crippen LogP contribution in [0.25, 0.3) is 0 Å². The standard InChI is InChI=1S/C21H23F3N2O5/c1-11-2-3-14(15-16(11)30-8-19(15)4-5-19)31-13-6-12(7-13)25-17(27)20(9-29-10-20)26-18(28)21(22,23)24/h2-3,12-13H,4-10H2,1H3,(H,25,27)(H,26,28). The molecule has 0 unspecified atom stereocenters. The molecule has 2 saturated carbocycles. The van der Waals surface area contributed by atoms with Gasteiger partial charge in [0.1, 0.15) is 17.6 Å². The van der Waals surface area contributed by atoms with Gasteiger partial charge in [0.2, 0.25) is 0 Å². The molecular weight excluding hydrogens is 417 g/mol. The van der Waals surface area contributed by atoms with E-state index in [-0.39, 0.29) is 30.8 Å². The summed E-state index contributed by atoms with van der Waals surface area (Å²) in [6, 6.07) is 3.70. The zero-order chi connectivity index (χ0) is 22.0.